The fourth-order valence-corrected chi connectivity index (χ4v) is 3.52. The van der Waals surface area contributed by atoms with Crippen LogP contribution in [0.25, 0.3) is 32.9 Å². The van der Waals surface area contributed by atoms with Gasteiger partial charge in [0.1, 0.15) is 7.05 Å². The van der Waals surface area contributed by atoms with Crippen molar-refractivity contribution in [1.29, 1.82) is 0 Å². The Hall–Kier alpha value is -2.95. The molecular formula is C23H22ClN3O. The van der Waals surface area contributed by atoms with Crippen LogP contribution in [0.1, 0.15) is 6.92 Å². The normalized spacial score (nSPS) is 11.8. The van der Waals surface area contributed by atoms with Crippen molar-refractivity contribution in [3.05, 3.63) is 72.8 Å². The van der Waals surface area contributed by atoms with E-state index in [4.69, 9.17) is 5.73 Å². The number of nitrogens with one attached hydrogen (secondary N) is 1. The number of nitrogens with two attached hydrogens (primary N) is 1. The quantitative estimate of drug-likeness (QED) is 0.400. The third-order valence-corrected chi connectivity index (χ3v) is 4.92. The van der Waals surface area contributed by atoms with Crippen molar-refractivity contribution in [3.8, 4) is 11.1 Å². The number of carbonyl (C=O) groups excluding carboxylic acids is 1. The molecule has 0 aliphatic heterocycles. The summed E-state index contributed by atoms with van der Waals surface area (Å²) in [6.07, 6.45) is 0. The lowest BCUT2D eigenvalue weighted by atomic mass is 9.95. The van der Waals surface area contributed by atoms with E-state index < -0.39 is 6.04 Å². The van der Waals surface area contributed by atoms with Crippen LogP contribution in [-0.4, -0.2) is 11.9 Å². The monoisotopic (exact) mass is 391 g/mol. The molecular weight excluding hydrogens is 370 g/mol. The van der Waals surface area contributed by atoms with Gasteiger partial charge in [-0.3, -0.25) is 4.79 Å². The van der Waals surface area contributed by atoms with Gasteiger partial charge in [-0.15, -0.1) is 0 Å². The van der Waals surface area contributed by atoms with Crippen molar-refractivity contribution in [1.82, 2.24) is 0 Å². The largest absolute Gasteiger partial charge is 1.00 e. The Kier molecular flexibility index (Phi) is 5.63. The van der Waals surface area contributed by atoms with Gasteiger partial charge < -0.3 is 23.5 Å². The molecule has 0 saturated heterocycles. The third kappa shape index (κ3) is 3.44. The van der Waals surface area contributed by atoms with E-state index in [-0.39, 0.29) is 18.3 Å². The Labute approximate surface area is 170 Å². The maximum Gasteiger partial charge on any atom is 0.240 e. The van der Waals surface area contributed by atoms with Crippen LogP contribution in [0.2, 0.25) is 0 Å². The number of rotatable bonds is 3. The van der Waals surface area contributed by atoms with Gasteiger partial charge >= 0.3 is 0 Å². The second-order valence-corrected chi connectivity index (χ2v) is 6.82. The molecule has 1 amide bonds. The van der Waals surface area contributed by atoms with Gasteiger partial charge in [-0.2, -0.15) is 4.57 Å². The summed E-state index contributed by atoms with van der Waals surface area (Å²) in [5.74, 6) is -0.189. The maximum absolute atomic E-state index is 11.8. The van der Waals surface area contributed by atoms with Crippen LogP contribution in [0.4, 0.5) is 5.69 Å². The minimum atomic E-state index is -0.535. The highest BCUT2D eigenvalue weighted by Crippen LogP contribution is 2.34. The van der Waals surface area contributed by atoms with E-state index in [1.807, 2.05) is 24.3 Å². The summed E-state index contributed by atoms with van der Waals surface area (Å²) in [4.78, 5) is 11.8. The number of pyridine rings is 1. The van der Waals surface area contributed by atoms with E-state index in [0.29, 0.717) is 0 Å². The van der Waals surface area contributed by atoms with Crippen LogP contribution in [-0.2, 0) is 11.8 Å². The number of anilines is 1. The molecule has 3 N–H and O–H groups in total. The standard InChI is InChI=1S/C23H21N3O.ClH/c1-15(24)23(27)25-17-13-11-16(12-14-17)22-18-7-3-5-9-20(18)26(2)21-10-6-4-8-19(21)22;/h3-15H,24H2,1-2H3;1H/t15-;/m0./s1. The summed E-state index contributed by atoms with van der Waals surface area (Å²) in [7, 11) is 2.10. The van der Waals surface area contributed by atoms with Gasteiger partial charge in [0.15, 0.2) is 0 Å². The third-order valence-electron chi connectivity index (χ3n) is 4.92. The van der Waals surface area contributed by atoms with E-state index in [2.05, 4.69) is 65.5 Å². The molecule has 0 aliphatic carbocycles. The number of aryl methyl sites for hydroxylation is 1. The Morgan fingerprint density at radius 3 is 1.89 bits per heavy atom. The Bertz CT molecular complexity index is 1100. The van der Waals surface area contributed by atoms with Gasteiger partial charge in [0.2, 0.25) is 16.9 Å². The first-order valence-corrected chi connectivity index (χ1v) is 9.02. The highest BCUT2D eigenvalue weighted by Gasteiger charge is 2.18. The van der Waals surface area contributed by atoms with Crippen molar-refractivity contribution in [3.63, 3.8) is 0 Å². The van der Waals surface area contributed by atoms with E-state index in [0.717, 1.165) is 11.3 Å². The minimum Gasteiger partial charge on any atom is -1.00 e. The molecule has 0 fully saturated rings. The Morgan fingerprint density at radius 2 is 1.39 bits per heavy atom. The fourth-order valence-electron chi connectivity index (χ4n) is 3.52. The molecule has 0 spiro atoms. The lowest BCUT2D eigenvalue weighted by Crippen LogP contribution is -3.00. The van der Waals surface area contributed by atoms with Crippen molar-refractivity contribution in [2.75, 3.05) is 5.32 Å². The summed E-state index contributed by atoms with van der Waals surface area (Å²) in [5, 5.41) is 5.24. The van der Waals surface area contributed by atoms with Crippen LogP contribution in [0, 0.1) is 0 Å². The molecule has 3 aromatic carbocycles. The first-order chi connectivity index (χ1) is 13.1. The molecule has 1 heterocycles. The summed E-state index contributed by atoms with van der Waals surface area (Å²) < 4.78 is 2.23. The molecule has 1 atom stereocenters. The number of benzene rings is 3. The number of nitrogens with zero attached hydrogens (tertiary/aromatic N) is 1. The second kappa shape index (κ2) is 7.97. The topological polar surface area (TPSA) is 59.0 Å². The number of para-hydroxylation sites is 2. The van der Waals surface area contributed by atoms with E-state index >= 15 is 0 Å². The summed E-state index contributed by atoms with van der Waals surface area (Å²) in [6, 6.07) is 24.3. The molecule has 28 heavy (non-hydrogen) atoms. The number of carbonyl (C=O) groups is 1. The first-order valence-electron chi connectivity index (χ1n) is 9.02. The van der Waals surface area contributed by atoms with Gasteiger partial charge in [0.25, 0.3) is 0 Å². The molecule has 5 heteroatoms. The number of amides is 1. The van der Waals surface area contributed by atoms with Crippen LogP contribution in [0.15, 0.2) is 72.8 Å². The van der Waals surface area contributed by atoms with Crippen LogP contribution in [0.5, 0.6) is 0 Å². The predicted molar refractivity (Wildman–Crippen MR) is 110 cm³/mol. The summed E-state index contributed by atoms with van der Waals surface area (Å²) >= 11 is 0. The number of halogens is 1. The zero-order valence-corrected chi connectivity index (χ0v) is 16.6. The number of hydrogen-bond acceptors (Lipinski definition) is 2. The number of fused-ring (bicyclic) bond motifs is 2. The second-order valence-electron chi connectivity index (χ2n) is 6.82. The van der Waals surface area contributed by atoms with Crippen molar-refractivity contribution >= 4 is 33.4 Å². The first kappa shape index (κ1) is 19.8. The molecule has 0 bridgehead atoms. The molecule has 0 unspecified atom stereocenters. The van der Waals surface area contributed by atoms with Gasteiger partial charge in [0.05, 0.1) is 16.8 Å². The van der Waals surface area contributed by atoms with Crippen molar-refractivity contribution in [2.45, 2.75) is 13.0 Å². The van der Waals surface area contributed by atoms with Crippen LogP contribution < -0.4 is 28.0 Å². The average Bonchev–Trinajstić information content (AvgIpc) is 2.69. The van der Waals surface area contributed by atoms with Crippen molar-refractivity contribution in [2.24, 2.45) is 12.8 Å². The van der Waals surface area contributed by atoms with E-state index in [1.165, 1.54) is 27.4 Å². The number of hydrogen-bond donors (Lipinski definition) is 2. The van der Waals surface area contributed by atoms with Gasteiger partial charge in [0, 0.05) is 23.4 Å². The molecule has 4 nitrogen and oxygen atoms in total. The molecule has 0 saturated carbocycles. The van der Waals surface area contributed by atoms with Gasteiger partial charge in [-0.1, -0.05) is 36.4 Å². The summed E-state index contributed by atoms with van der Waals surface area (Å²) in [6.45, 7) is 1.67. The lowest BCUT2D eigenvalue weighted by molar-refractivity contribution is -0.617. The van der Waals surface area contributed by atoms with Crippen LogP contribution in [0.3, 0.4) is 0 Å². The minimum absolute atomic E-state index is 0. The summed E-state index contributed by atoms with van der Waals surface area (Å²) in [5.41, 5.74) is 11.0. The Balaban J connectivity index is 0.00000225. The molecule has 0 aliphatic rings. The highest BCUT2D eigenvalue weighted by molar-refractivity contribution is 6.07. The van der Waals surface area contributed by atoms with Crippen LogP contribution >= 0.6 is 0 Å². The smallest absolute Gasteiger partial charge is 0.240 e. The lowest BCUT2D eigenvalue weighted by Gasteiger charge is -2.12. The van der Waals surface area contributed by atoms with E-state index in [1.54, 1.807) is 6.92 Å². The molecule has 142 valence electrons. The predicted octanol–water partition coefficient (Wildman–Crippen LogP) is 0.774. The zero-order chi connectivity index (χ0) is 19.0. The highest BCUT2D eigenvalue weighted by atomic mass is 35.5. The Morgan fingerprint density at radius 1 is 0.893 bits per heavy atom. The van der Waals surface area contributed by atoms with Gasteiger partial charge in [-0.05, 0) is 36.8 Å². The number of aromatic nitrogens is 1. The van der Waals surface area contributed by atoms with Crippen molar-refractivity contribution < 1.29 is 21.8 Å². The molecule has 0 radical (unpaired) electrons. The average molecular weight is 392 g/mol. The SMILES string of the molecule is C[C@H](N)C(=O)Nc1ccc(-c2c3ccccc3[n+](C)c3ccccc23)cc1.[Cl-]. The zero-order valence-electron chi connectivity index (χ0n) is 15.8. The molecule has 4 rings (SSSR count). The fraction of sp³-hybridized carbons (Fsp3) is 0.130. The maximum atomic E-state index is 11.8. The molecule has 1 aromatic heterocycles. The van der Waals surface area contributed by atoms with E-state index in [9.17, 15) is 4.79 Å². The molecule has 4 aromatic rings. The van der Waals surface area contributed by atoms with Gasteiger partial charge in [-0.25, -0.2) is 0 Å².